The van der Waals surface area contributed by atoms with E-state index >= 15 is 0 Å². The van der Waals surface area contributed by atoms with Crippen LogP contribution in [0.4, 0.5) is 4.39 Å². The lowest BCUT2D eigenvalue weighted by molar-refractivity contribution is -0.123. The zero-order chi connectivity index (χ0) is 20.8. The first-order valence-corrected chi connectivity index (χ1v) is 9.19. The second-order valence-corrected chi connectivity index (χ2v) is 6.27. The molecule has 2 heterocycles. The van der Waals surface area contributed by atoms with Crippen molar-refractivity contribution in [1.29, 1.82) is 0 Å². The highest BCUT2D eigenvalue weighted by molar-refractivity contribution is 5.77. The Hall–Kier alpha value is -3.88. The van der Waals surface area contributed by atoms with E-state index in [2.05, 4.69) is 15.5 Å². The van der Waals surface area contributed by atoms with Crippen molar-refractivity contribution in [1.82, 2.24) is 15.5 Å². The van der Waals surface area contributed by atoms with Gasteiger partial charge in [-0.2, -0.15) is 0 Å². The minimum Gasteiger partial charge on any atom is -0.484 e. The number of carbonyl (C=O) groups excluding carboxylic acids is 1. The van der Waals surface area contributed by atoms with Crippen LogP contribution in [0.25, 0.3) is 11.3 Å². The molecular weight excluding hydrogens is 393 g/mol. The lowest BCUT2D eigenvalue weighted by Gasteiger charge is -2.09. The zero-order valence-corrected chi connectivity index (χ0v) is 15.8. The molecule has 8 nitrogen and oxygen atoms in total. The Labute approximate surface area is 171 Å². The van der Waals surface area contributed by atoms with E-state index < -0.39 is 0 Å². The number of halogens is 1. The molecule has 154 valence electrons. The summed E-state index contributed by atoms with van der Waals surface area (Å²) in [6, 6.07) is 14.5. The molecule has 0 fully saturated rings. The van der Waals surface area contributed by atoms with Crippen molar-refractivity contribution < 1.29 is 28.1 Å². The second kappa shape index (κ2) is 9.08. The molecule has 1 amide bonds. The Balaban J connectivity index is 1.16. The van der Waals surface area contributed by atoms with Crippen LogP contribution in [0, 0.1) is 5.82 Å². The number of rotatable bonds is 8. The summed E-state index contributed by atoms with van der Waals surface area (Å²) in [5.74, 6) is 1.49. The number of carbonyl (C=O) groups is 1. The number of ether oxygens (including phenoxy) is 4. The van der Waals surface area contributed by atoms with Crippen LogP contribution in [0.1, 0.15) is 0 Å². The molecule has 1 aliphatic rings. The van der Waals surface area contributed by atoms with Gasteiger partial charge in [0.15, 0.2) is 18.1 Å². The average Bonchev–Trinajstić information content (AvgIpc) is 3.24. The van der Waals surface area contributed by atoms with Gasteiger partial charge in [-0.1, -0.05) is 0 Å². The SMILES string of the molecule is O=C(COc1ccc2c(c1)OCO2)NCCOc1ccc(-c2ccc(F)cc2)nn1. The van der Waals surface area contributed by atoms with Crippen LogP contribution >= 0.6 is 0 Å². The van der Waals surface area contributed by atoms with Gasteiger partial charge in [-0.15, -0.1) is 10.2 Å². The summed E-state index contributed by atoms with van der Waals surface area (Å²) in [4.78, 5) is 11.9. The third kappa shape index (κ3) is 4.93. The summed E-state index contributed by atoms with van der Waals surface area (Å²) in [5.41, 5.74) is 1.36. The molecule has 30 heavy (non-hydrogen) atoms. The molecule has 9 heteroatoms. The highest BCUT2D eigenvalue weighted by Crippen LogP contribution is 2.35. The van der Waals surface area contributed by atoms with Crippen molar-refractivity contribution in [2.75, 3.05) is 26.6 Å². The fourth-order valence-electron chi connectivity index (χ4n) is 2.68. The van der Waals surface area contributed by atoms with Gasteiger partial charge in [-0.05, 0) is 42.5 Å². The van der Waals surface area contributed by atoms with Crippen LogP contribution in [0.15, 0.2) is 54.6 Å². The Kier molecular flexibility index (Phi) is 5.88. The van der Waals surface area contributed by atoms with Crippen LogP contribution in [0.3, 0.4) is 0 Å². The predicted octanol–water partition coefficient (Wildman–Crippen LogP) is 2.59. The van der Waals surface area contributed by atoms with Gasteiger partial charge in [-0.3, -0.25) is 4.79 Å². The van der Waals surface area contributed by atoms with Crippen LogP contribution in [-0.2, 0) is 4.79 Å². The van der Waals surface area contributed by atoms with Gasteiger partial charge in [0.2, 0.25) is 12.7 Å². The molecule has 0 radical (unpaired) electrons. The van der Waals surface area contributed by atoms with Gasteiger partial charge in [0.1, 0.15) is 18.2 Å². The van der Waals surface area contributed by atoms with Crippen molar-refractivity contribution in [3.63, 3.8) is 0 Å². The third-order valence-electron chi connectivity index (χ3n) is 4.17. The molecule has 0 unspecified atom stereocenters. The minimum absolute atomic E-state index is 0.133. The quantitative estimate of drug-likeness (QED) is 0.570. The highest BCUT2D eigenvalue weighted by atomic mass is 19.1. The van der Waals surface area contributed by atoms with Crippen molar-refractivity contribution in [3.8, 4) is 34.4 Å². The van der Waals surface area contributed by atoms with E-state index in [1.54, 1.807) is 42.5 Å². The minimum atomic E-state index is -0.310. The summed E-state index contributed by atoms with van der Waals surface area (Å²) >= 11 is 0. The van der Waals surface area contributed by atoms with Gasteiger partial charge in [-0.25, -0.2) is 4.39 Å². The monoisotopic (exact) mass is 411 g/mol. The molecule has 3 aromatic rings. The third-order valence-corrected chi connectivity index (χ3v) is 4.17. The summed E-state index contributed by atoms with van der Waals surface area (Å²) in [5, 5.41) is 10.7. The van der Waals surface area contributed by atoms with Crippen LogP contribution < -0.4 is 24.3 Å². The molecule has 0 bridgehead atoms. The Morgan fingerprint density at radius 3 is 2.63 bits per heavy atom. The number of benzene rings is 2. The van der Waals surface area contributed by atoms with E-state index in [9.17, 15) is 9.18 Å². The first kappa shape index (κ1) is 19.4. The van der Waals surface area contributed by atoms with E-state index in [4.69, 9.17) is 18.9 Å². The van der Waals surface area contributed by atoms with Crippen molar-refractivity contribution >= 4 is 5.91 Å². The number of hydrogen-bond acceptors (Lipinski definition) is 7. The molecule has 4 rings (SSSR count). The normalized spacial score (nSPS) is 11.8. The number of hydrogen-bond donors (Lipinski definition) is 1. The molecule has 0 aliphatic carbocycles. The van der Waals surface area contributed by atoms with Gasteiger partial charge >= 0.3 is 0 Å². The fourth-order valence-corrected chi connectivity index (χ4v) is 2.68. The van der Waals surface area contributed by atoms with Gasteiger partial charge < -0.3 is 24.3 Å². The number of nitrogens with one attached hydrogen (secondary N) is 1. The standard InChI is InChI=1S/C21H18FN3O5/c22-15-3-1-14(2-4-15)17-6-8-21(25-24-17)27-10-9-23-20(26)12-28-16-5-7-18-19(11-16)30-13-29-18/h1-8,11H,9-10,12-13H2,(H,23,26). The smallest absolute Gasteiger partial charge is 0.258 e. The topological polar surface area (TPSA) is 91.8 Å². The molecule has 1 aromatic heterocycles. The molecule has 0 atom stereocenters. The highest BCUT2D eigenvalue weighted by Gasteiger charge is 2.14. The van der Waals surface area contributed by atoms with Crippen LogP contribution in [-0.4, -0.2) is 42.7 Å². The van der Waals surface area contributed by atoms with E-state index in [0.29, 0.717) is 28.8 Å². The number of aromatic nitrogens is 2. The first-order chi connectivity index (χ1) is 14.7. The Bertz CT molecular complexity index is 1010. The van der Waals surface area contributed by atoms with E-state index in [1.807, 2.05) is 0 Å². The molecule has 1 aliphatic heterocycles. The van der Waals surface area contributed by atoms with E-state index in [1.165, 1.54) is 12.1 Å². The maximum atomic E-state index is 13.0. The predicted molar refractivity (Wildman–Crippen MR) is 104 cm³/mol. The summed E-state index contributed by atoms with van der Waals surface area (Å²) in [6.07, 6.45) is 0. The van der Waals surface area contributed by atoms with Crippen molar-refractivity contribution in [2.24, 2.45) is 0 Å². The second-order valence-electron chi connectivity index (χ2n) is 6.27. The molecule has 2 aromatic carbocycles. The summed E-state index contributed by atoms with van der Waals surface area (Å²) in [6.45, 7) is 0.551. The lowest BCUT2D eigenvalue weighted by atomic mass is 10.1. The van der Waals surface area contributed by atoms with E-state index in [-0.39, 0.29) is 38.3 Å². The zero-order valence-electron chi connectivity index (χ0n) is 15.8. The maximum Gasteiger partial charge on any atom is 0.258 e. The molecule has 0 spiro atoms. The average molecular weight is 411 g/mol. The van der Waals surface area contributed by atoms with Crippen LogP contribution in [0.2, 0.25) is 0 Å². The lowest BCUT2D eigenvalue weighted by Crippen LogP contribution is -2.32. The first-order valence-electron chi connectivity index (χ1n) is 9.19. The molecule has 1 N–H and O–H groups in total. The summed E-state index contributed by atoms with van der Waals surface area (Å²) in [7, 11) is 0. The number of fused-ring (bicyclic) bond motifs is 1. The Morgan fingerprint density at radius 2 is 1.83 bits per heavy atom. The molecule has 0 saturated carbocycles. The van der Waals surface area contributed by atoms with Crippen LogP contribution in [0.5, 0.6) is 23.1 Å². The molecular formula is C21H18FN3O5. The number of nitrogens with zero attached hydrogens (tertiary/aromatic N) is 2. The Morgan fingerprint density at radius 1 is 1.00 bits per heavy atom. The largest absolute Gasteiger partial charge is 0.484 e. The fraction of sp³-hybridized carbons (Fsp3) is 0.190. The number of amides is 1. The summed E-state index contributed by atoms with van der Waals surface area (Å²) < 4.78 is 34.4. The van der Waals surface area contributed by atoms with Crippen molar-refractivity contribution in [2.45, 2.75) is 0 Å². The van der Waals surface area contributed by atoms with Gasteiger partial charge in [0.05, 0.1) is 12.2 Å². The maximum absolute atomic E-state index is 13.0. The molecule has 0 saturated heterocycles. The van der Waals surface area contributed by atoms with E-state index in [0.717, 1.165) is 5.56 Å². The van der Waals surface area contributed by atoms with Gasteiger partial charge in [0, 0.05) is 17.7 Å². The van der Waals surface area contributed by atoms with Crippen molar-refractivity contribution in [3.05, 3.63) is 60.4 Å². The van der Waals surface area contributed by atoms with Gasteiger partial charge in [0.25, 0.3) is 5.91 Å².